The van der Waals surface area contributed by atoms with Crippen LogP contribution in [0.4, 0.5) is 0 Å². The van der Waals surface area contributed by atoms with Gasteiger partial charge in [0.25, 0.3) is 0 Å². The molecule has 0 rings (SSSR count). The third-order valence-corrected chi connectivity index (χ3v) is 3.29. The van der Waals surface area contributed by atoms with E-state index in [1.165, 1.54) is 44.4 Å². The first kappa shape index (κ1) is 15.3. The van der Waals surface area contributed by atoms with Crippen LogP contribution in [0.3, 0.4) is 0 Å². The molecule has 0 fully saturated rings. The van der Waals surface area contributed by atoms with Gasteiger partial charge in [0.15, 0.2) is 0 Å². The summed E-state index contributed by atoms with van der Waals surface area (Å²) < 4.78 is 0. The largest absolute Gasteiger partial charge is 0.314 e. The Bertz CT molecular complexity index is 126. The minimum atomic E-state index is 0.691. The molecule has 0 saturated heterocycles. The van der Waals surface area contributed by atoms with Crippen molar-refractivity contribution < 1.29 is 0 Å². The van der Waals surface area contributed by atoms with E-state index in [0.717, 1.165) is 5.92 Å². The summed E-state index contributed by atoms with van der Waals surface area (Å²) in [7, 11) is 0. The Balaban J connectivity index is 3.09. The molecule has 0 aromatic heterocycles. The van der Waals surface area contributed by atoms with E-state index in [4.69, 9.17) is 0 Å². The summed E-state index contributed by atoms with van der Waals surface area (Å²) in [5, 5.41) is 3.60. The molecule has 0 spiro atoms. The zero-order chi connectivity index (χ0) is 11.5. The van der Waals surface area contributed by atoms with E-state index in [1.807, 2.05) is 11.8 Å². The van der Waals surface area contributed by atoms with Crippen molar-refractivity contribution in [3.8, 4) is 0 Å². The van der Waals surface area contributed by atoms with Crippen LogP contribution in [0.2, 0.25) is 0 Å². The number of rotatable bonds is 10. The minimum absolute atomic E-state index is 0.691. The first-order valence-electron chi connectivity index (χ1n) is 6.39. The van der Waals surface area contributed by atoms with Crippen LogP contribution in [-0.2, 0) is 0 Å². The van der Waals surface area contributed by atoms with E-state index < -0.39 is 0 Å². The zero-order valence-corrected chi connectivity index (χ0v) is 11.8. The summed E-state index contributed by atoms with van der Waals surface area (Å²) >= 11 is 1.96. The lowest BCUT2D eigenvalue weighted by Crippen LogP contribution is -2.28. The lowest BCUT2D eigenvalue weighted by molar-refractivity contribution is 0.435. The van der Waals surface area contributed by atoms with Gasteiger partial charge in [-0.15, -0.1) is 0 Å². The molecule has 0 aromatic rings. The molecule has 0 radical (unpaired) electrons. The van der Waals surface area contributed by atoms with Crippen LogP contribution in [0.15, 0.2) is 0 Å². The Hall–Kier alpha value is 0.310. The van der Waals surface area contributed by atoms with Crippen LogP contribution < -0.4 is 5.32 Å². The van der Waals surface area contributed by atoms with Crippen molar-refractivity contribution in [1.82, 2.24) is 5.32 Å². The third kappa shape index (κ3) is 12.2. The van der Waals surface area contributed by atoms with Crippen molar-refractivity contribution in [2.75, 3.05) is 18.6 Å². The summed E-state index contributed by atoms with van der Waals surface area (Å²) in [6, 6.07) is 0.691. The number of hydrogen-bond acceptors (Lipinski definition) is 2. The average Bonchev–Trinajstić information content (AvgIpc) is 2.15. The topological polar surface area (TPSA) is 12.0 Å². The summed E-state index contributed by atoms with van der Waals surface area (Å²) in [4.78, 5) is 0. The third-order valence-electron chi connectivity index (χ3n) is 2.59. The molecular weight excluding hydrogens is 202 g/mol. The monoisotopic (exact) mass is 231 g/mol. The lowest BCUT2D eigenvalue weighted by Gasteiger charge is -2.15. The normalized spacial score (nSPS) is 13.4. The van der Waals surface area contributed by atoms with Gasteiger partial charge in [0, 0.05) is 6.04 Å². The van der Waals surface area contributed by atoms with Gasteiger partial charge < -0.3 is 5.32 Å². The molecule has 1 unspecified atom stereocenters. The van der Waals surface area contributed by atoms with E-state index in [0.29, 0.717) is 6.04 Å². The van der Waals surface area contributed by atoms with Gasteiger partial charge in [-0.1, -0.05) is 26.7 Å². The van der Waals surface area contributed by atoms with Crippen molar-refractivity contribution >= 4 is 11.8 Å². The van der Waals surface area contributed by atoms with Crippen molar-refractivity contribution in [2.24, 2.45) is 5.92 Å². The van der Waals surface area contributed by atoms with Gasteiger partial charge in [0.2, 0.25) is 0 Å². The van der Waals surface area contributed by atoms with Crippen molar-refractivity contribution in [1.29, 1.82) is 0 Å². The van der Waals surface area contributed by atoms with Crippen molar-refractivity contribution in [3.05, 3.63) is 0 Å². The molecule has 0 aliphatic rings. The molecule has 1 nitrogen and oxygen atoms in total. The summed E-state index contributed by atoms with van der Waals surface area (Å²) in [5.74, 6) is 2.14. The highest BCUT2D eigenvalue weighted by Gasteiger charge is 2.02. The van der Waals surface area contributed by atoms with Crippen LogP contribution in [0.25, 0.3) is 0 Å². The number of thioether (sulfide) groups is 1. The maximum Gasteiger partial charge on any atom is 0.00411 e. The second-order valence-electron chi connectivity index (χ2n) is 4.89. The standard InChI is InChI=1S/C13H29NS/c1-12(2)11-13(3)14-9-7-5-6-8-10-15-4/h12-14H,5-11H2,1-4H3. The highest BCUT2D eigenvalue weighted by molar-refractivity contribution is 7.98. The van der Waals surface area contributed by atoms with Gasteiger partial charge >= 0.3 is 0 Å². The maximum atomic E-state index is 3.60. The van der Waals surface area contributed by atoms with Crippen LogP contribution in [0.5, 0.6) is 0 Å². The molecule has 15 heavy (non-hydrogen) atoms. The van der Waals surface area contributed by atoms with Crippen LogP contribution in [0, 0.1) is 5.92 Å². The molecule has 0 bridgehead atoms. The molecule has 0 amide bonds. The molecule has 1 atom stereocenters. The van der Waals surface area contributed by atoms with E-state index in [2.05, 4.69) is 32.3 Å². The van der Waals surface area contributed by atoms with E-state index in [1.54, 1.807) is 0 Å². The van der Waals surface area contributed by atoms with Gasteiger partial charge in [0.1, 0.15) is 0 Å². The Kier molecular flexibility index (Phi) is 11.0. The van der Waals surface area contributed by atoms with Gasteiger partial charge in [0.05, 0.1) is 0 Å². The molecule has 1 N–H and O–H groups in total. The Morgan fingerprint density at radius 3 is 2.27 bits per heavy atom. The highest BCUT2D eigenvalue weighted by Crippen LogP contribution is 2.06. The fourth-order valence-corrected chi connectivity index (χ4v) is 2.36. The lowest BCUT2D eigenvalue weighted by atomic mass is 10.1. The molecule has 0 heterocycles. The maximum absolute atomic E-state index is 3.60. The first-order valence-corrected chi connectivity index (χ1v) is 7.78. The first-order chi connectivity index (χ1) is 7.16. The van der Waals surface area contributed by atoms with Gasteiger partial charge in [-0.3, -0.25) is 0 Å². The Morgan fingerprint density at radius 2 is 1.67 bits per heavy atom. The SMILES string of the molecule is CSCCCCCCNC(C)CC(C)C. The summed E-state index contributed by atoms with van der Waals surface area (Å²) in [6.45, 7) is 8.09. The second-order valence-corrected chi connectivity index (χ2v) is 5.88. The Morgan fingerprint density at radius 1 is 1.00 bits per heavy atom. The Labute approximate surface area is 101 Å². The van der Waals surface area contributed by atoms with Gasteiger partial charge in [-0.05, 0) is 50.7 Å². The quantitative estimate of drug-likeness (QED) is 0.572. The average molecular weight is 231 g/mol. The second kappa shape index (κ2) is 10.8. The van der Waals surface area contributed by atoms with Gasteiger partial charge in [-0.2, -0.15) is 11.8 Å². The van der Waals surface area contributed by atoms with Crippen molar-refractivity contribution in [2.45, 2.75) is 58.9 Å². The van der Waals surface area contributed by atoms with Gasteiger partial charge in [-0.25, -0.2) is 0 Å². The molecule has 0 aromatic carbocycles. The predicted octanol–water partition coefficient (Wildman–Crippen LogP) is 3.93. The van der Waals surface area contributed by atoms with Crippen LogP contribution in [-0.4, -0.2) is 24.6 Å². The number of unbranched alkanes of at least 4 members (excludes halogenated alkanes) is 3. The highest BCUT2D eigenvalue weighted by atomic mass is 32.2. The molecular formula is C13H29NS. The van der Waals surface area contributed by atoms with Crippen molar-refractivity contribution in [3.63, 3.8) is 0 Å². The fraction of sp³-hybridized carbons (Fsp3) is 1.00. The number of hydrogen-bond donors (Lipinski definition) is 1. The summed E-state index contributed by atoms with van der Waals surface area (Å²) in [6.07, 6.45) is 9.02. The zero-order valence-electron chi connectivity index (χ0n) is 11.0. The fourth-order valence-electron chi connectivity index (χ4n) is 1.86. The molecule has 0 saturated carbocycles. The molecule has 0 aliphatic carbocycles. The minimum Gasteiger partial charge on any atom is -0.314 e. The number of nitrogens with one attached hydrogen (secondary N) is 1. The smallest absolute Gasteiger partial charge is 0.00411 e. The van der Waals surface area contributed by atoms with Crippen LogP contribution >= 0.6 is 11.8 Å². The van der Waals surface area contributed by atoms with Crippen LogP contribution in [0.1, 0.15) is 52.9 Å². The van der Waals surface area contributed by atoms with E-state index in [9.17, 15) is 0 Å². The molecule has 92 valence electrons. The molecule has 2 heteroatoms. The van der Waals surface area contributed by atoms with E-state index >= 15 is 0 Å². The van der Waals surface area contributed by atoms with E-state index in [-0.39, 0.29) is 0 Å². The molecule has 0 aliphatic heterocycles. The summed E-state index contributed by atoms with van der Waals surface area (Å²) in [5.41, 5.74) is 0. The predicted molar refractivity (Wildman–Crippen MR) is 73.8 cm³/mol.